The zero-order chi connectivity index (χ0) is 13.4. The highest BCUT2D eigenvalue weighted by Crippen LogP contribution is 2.40. The van der Waals surface area contributed by atoms with Crippen LogP contribution in [0.3, 0.4) is 0 Å². The van der Waals surface area contributed by atoms with Crippen LogP contribution in [-0.4, -0.2) is 0 Å². The number of nitrogens with one attached hydrogen (secondary N) is 1. The van der Waals surface area contributed by atoms with Crippen LogP contribution in [0, 0.1) is 5.82 Å². The first kappa shape index (κ1) is 12.6. The largest absolute Gasteiger partial charge is 0.375 e. The Morgan fingerprint density at radius 1 is 1.11 bits per heavy atom. The van der Waals surface area contributed by atoms with E-state index < -0.39 is 0 Å². The molecular weight excluding hydrogens is 307 g/mol. The highest BCUT2D eigenvalue weighted by atomic mass is 79.9. The minimum Gasteiger partial charge on any atom is -0.375 e. The molecule has 2 aromatic carbocycles. The van der Waals surface area contributed by atoms with Gasteiger partial charge < -0.3 is 11.1 Å². The summed E-state index contributed by atoms with van der Waals surface area (Å²) in [7, 11) is 0. The second-order valence-corrected chi connectivity index (χ2v) is 5.62. The summed E-state index contributed by atoms with van der Waals surface area (Å²) in [6.07, 6.45) is 0.778. The Morgan fingerprint density at radius 2 is 1.84 bits per heavy atom. The zero-order valence-electron chi connectivity index (χ0n) is 10.2. The van der Waals surface area contributed by atoms with Crippen LogP contribution in [0.4, 0.5) is 10.1 Å². The molecule has 98 valence electrons. The van der Waals surface area contributed by atoms with Crippen LogP contribution in [0.5, 0.6) is 0 Å². The quantitative estimate of drug-likeness (QED) is 0.872. The van der Waals surface area contributed by atoms with Gasteiger partial charge in [-0.15, -0.1) is 0 Å². The fourth-order valence-corrected chi connectivity index (χ4v) is 3.08. The van der Waals surface area contributed by atoms with Crippen molar-refractivity contribution in [1.82, 2.24) is 0 Å². The van der Waals surface area contributed by atoms with E-state index >= 15 is 0 Å². The van der Waals surface area contributed by atoms with E-state index in [0.717, 1.165) is 22.0 Å². The fraction of sp³-hybridized carbons (Fsp3) is 0.200. The third-order valence-electron chi connectivity index (χ3n) is 3.54. The molecule has 1 aliphatic carbocycles. The molecule has 2 nitrogen and oxygen atoms in total. The summed E-state index contributed by atoms with van der Waals surface area (Å²) in [6.45, 7) is 0. The van der Waals surface area contributed by atoms with E-state index in [9.17, 15) is 4.39 Å². The molecule has 2 aromatic rings. The average molecular weight is 321 g/mol. The molecule has 3 N–H and O–H groups in total. The average Bonchev–Trinajstić information content (AvgIpc) is 2.72. The highest BCUT2D eigenvalue weighted by Gasteiger charge is 2.28. The summed E-state index contributed by atoms with van der Waals surface area (Å²) < 4.78 is 14.6. The molecule has 0 saturated heterocycles. The van der Waals surface area contributed by atoms with Crippen molar-refractivity contribution in [3.8, 4) is 0 Å². The molecule has 19 heavy (non-hydrogen) atoms. The van der Waals surface area contributed by atoms with Crippen molar-refractivity contribution in [3.63, 3.8) is 0 Å². The van der Waals surface area contributed by atoms with E-state index in [0.29, 0.717) is 5.69 Å². The smallest absolute Gasteiger partial charge is 0.147 e. The minimum absolute atomic E-state index is 0.0132. The predicted molar refractivity (Wildman–Crippen MR) is 78.5 cm³/mol. The molecule has 0 radical (unpaired) electrons. The Kier molecular flexibility index (Phi) is 3.29. The number of hydrogen-bond donors (Lipinski definition) is 2. The van der Waals surface area contributed by atoms with E-state index in [1.165, 1.54) is 6.07 Å². The lowest BCUT2D eigenvalue weighted by Gasteiger charge is -2.17. The van der Waals surface area contributed by atoms with Gasteiger partial charge in [0, 0.05) is 10.5 Å². The first-order chi connectivity index (χ1) is 9.16. The molecule has 4 heteroatoms. The molecule has 3 rings (SSSR count). The molecule has 0 amide bonds. The van der Waals surface area contributed by atoms with E-state index in [-0.39, 0.29) is 17.9 Å². The predicted octanol–water partition coefficient (Wildman–Crippen LogP) is 4.14. The lowest BCUT2D eigenvalue weighted by Crippen LogP contribution is -2.11. The molecule has 0 heterocycles. The minimum atomic E-state index is -0.257. The second kappa shape index (κ2) is 4.94. The van der Waals surface area contributed by atoms with Crippen LogP contribution >= 0.6 is 15.9 Å². The van der Waals surface area contributed by atoms with Crippen molar-refractivity contribution in [2.75, 3.05) is 5.32 Å². The monoisotopic (exact) mass is 320 g/mol. The van der Waals surface area contributed by atoms with Gasteiger partial charge in [-0.25, -0.2) is 4.39 Å². The maximum absolute atomic E-state index is 13.9. The van der Waals surface area contributed by atoms with Crippen molar-refractivity contribution in [2.45, 2.75) is 18.5 Å². The third kappa shape index (κ3) is 2.26. The topological polar surface area (TPSA) is 38.0 Å². The summed E-state index contributed by atoms with van der Waals surface area (Å²) in [5, 5.41) is 3.26. The summed E-state index contributed by atoms with van der Waals surface area (Å²) in [5.41, 5.74) is 8.92. The van der Waals surface area contributed by atoms with Gasteiger partial charge in [0.05, 0.1) is 11.7 Å². The maximum Gasteiger partial charge on any atom is 0.147 e. The number of nitrogens with two attached hydrogens (primary N) is 1. The van der Waals surface area contributed by atoms with Crippen molar-refractivity contribution < 1.29 is 4.39 Å². The van der Waals surface area contributed by atoms with Crippen LogP contribution in [0.25, 0.3) is 0 Å². The second-order valence-electron chi connectivity index (χ2n) is 4.76. The molecule has 0 spiro atoms. The van der Waals surface area contributed by atoms with Crippen LogP contribution in [-0.2, 0) is 0 Å². The Bertz CT molecular complexity index is 595. The summed E-state index contributed by atoms with van der Waals surface area (Å²) in [5.74, 6) is -0.257. The van der Waals surface area contributed by atoms with Crippen molar-refractivity contribution in [2.24, 2.45) is 5.73 Å². The van der Waals surface area contributed by atoms with Gasteiger partial charge in [-0.2, -0.15) is 0 Å². The Morgan fingerprint density at radius 3 is 2.58 bits per heavy atom. The van der Waals surface area contributed by atoms with Gasteiger partial charge in [-0.1, -0.05) is 30.3 Å². The molecule has 0 bridgehead atoms. The van der Waals surface area contributed by atoms with Crippen molar-refractivity contribution >= 4 is 21.6 Å². The molecule has 0 saturated carbocycles. The van der Waals surface area contributed by atoms with E-state index in [4.69, 9.17) is 5.73 Å². The molecule has 0 aliphatic heterocycles. The van der Waals surface area contributed by atoms with Gasteiger partial charge in [0.15, 0.2) is 0 Å². The number of halogens is 2. The Hall–Kier alpha value is -1.39. The van der Waals surface area contributed by atoms with Gasteiger partial charge in [0.25, 0.3) is 0 Å². The summed E-state index contributed by atoms with van der Waals surface area (Å²) >= 11 is 3.38. The van der Waals surface area contributed by atoms with Crippen LogP contribution < -0.4 is 11.1 Å². The lowest BCUT2D eigenvalue weighted by atomic mass is 10.1. The molecular formula is C15H14BrFN2. The van der Waals surface area contributed by atoms with Gasteiger partial charge in [0.1, 0.15) is 5.82 Å². The summed E-state index contributed by atoms with van der Waals surface area (Å²) in [6, 6.07) is 13.1. The number of anilines is 1. The van der Waals surface area contributed by atoms with Crippen LogP contribution in [0.15, 0.2) is 46.9 Å². The third-order valence-corrected chi connectivity index (χ3v) is 4.20. The highest BCUT2D eigenvalue weighted by molar-refractivity contribution is 9.10. The first-order valence-electron chi connectivity index (χ1n) is 6.22. The number of benzene rings is 2. The van der Waals surface area contributed by atoms with Crippen molar-refractivity contribution in [3.05, 3.63) is 63.9 Å². The van der Waals surface area contributed by atoms with Crippen LogP contribution in [0.2, 0.25) is 0 Å². The van der Waals surface area contributed by atoms with Crippen LogP contribution in [0.1, 0.15) is 29.6 Å². The molecule has 0 fully saturated rings. The Labute approximate surface area is 120 Å². The van der Waals surface area contributed by atoms with Gasteiger partial charge in [-0.3, -0.25) is 0 Å². The number of hydrogen-bond acceptors (Lipinski definition) is 2. The zero-order valence-corrected chi connectivity index (χ0v) is 11.8. The van der Waals surface area contributed by atoms with Gasteiger partial charge in [-0.05, 0) is 45.6 Å². The summed E-state index contributed by atoms with van der Waals surface area (Å²) in [4.78, 5) is 0. The molecule has 0 aromatic heterocycles. The molecule has 1 aliphatic rings. The molecule has 2 unspecified atom stereocenters. The van der Waals surface area contributed by atoms with Crippen molar-refractivity contribution in [1.29, 1.82) is 0 Å². The maximum atomic E-state index is 13.9. The number of rotatable bonds is 2. The molecule has 2 atom stereocenters. The number of para-hydroxylation sites is 1. The van der Waals surface area contributed by atoms with Gasteiger partial charge in [0.2, 0.25) is 0 Å². The lowest BCUT2D eigenvalue weighted by molar-refractivity contribution is 0.613. The standard InChI is InChI=1S/C15H14BrFN2/c16-11-6-3-7-12(17)15(11)19-14-8-13(18)9-4-1-2-5-10(9)14/h1-7,13-14,19H,8,18H2. The first-order valence-corrected chi connectivity index (χ1v) is 7.01. The fourth-order valence-electron chi connectivity index (χ4n) is 2.62. The van der Waals surface area contributed by atoms with E-state index in [2.05, 4.69) is 27.3 Å². The van der Waals surface area contributed by atoms with Gasteiger partial charge >= 0.3 is 0 Å². The SMILES string of the molecule is NC1CC(Nc2c(F)cccc2Br)c2ccccc21. The Balaban J connectivity index is 1.94. The number of fused-ring (bicyclic) bond motifs is 1. The van der Waals surface area contributed by atoms with E-state index in [1.807, 2.05) is 24.3 Å². The van der Waals surface area contributed by atoms with E-state index in [1.54, 1.807) is 6.07 Å². The normalized spacial score (nSPS) is 21.2.